The fourth-order valence-corrected chi connectivity index (χ4v) is 3.07. The first kappa shape index (κ1) is 17.8. The first-order chi connectivity index (χ1) is 12.6. The summed E-state index contributed by atoms with van der Waals surface area (Å²) in [5.41, 5.74) is 3.42. The zero-order valence-electron chi connectivity index (χ0n) is 15.0. The Kier molecular flexibility index (Phi) is 5.75. The van der Waals surface area contributed by atoms with Crippen LogP contribution in [0.15, 0.2) is 48.5 Å². The fourth-order valence-electron chi connectivity index (χ4n) is 3.07. The highest BCUT2D eigenvalue weighted by molar-refractivity contribution is 5.93. The molecule has 5 heteroatoms. The van der Waals surface area contributed by atoms with E-state index in [2.05, 4.69) is 40.7 Å². The standard InChI is InChI=1S/C21H24N4O/c1-16-10-12-25(13-11-16)20-8-6-18(7-9-20)23-15-21(26)24-19-4-2-17(14-22)3-5-19/h2-9,16,23H,10-13,15H2,1H3,(H,24,26). The van der Waals surface area contributed by atoms with E-state index >= 15 is 0 Å². The van der Waals surface area contributed by atoms with Gasteiger partial charge in [-0.3, -0.25) is 4.79 Å². The monoisotopic (exact) mass is 348 g/mol. The number of rotatable bonds is 5. The Bertz CT molecular complexity index is 769. The van der Waals surface area contributed by atoms with Crippen molar-refractivity contribution in [2.75, 3.05) is 35.2 Å². The third-order valence-electron chi connectivity index (χ3n) is 4.77. The van der Waals surface area contributed by atoms with Crippen LogP contribution in [0.2, 0.25) is 0 Å². The van der Waals surface area contributed by atoms with Crippen LogP contribution in [0.4, 0.5) is 17.1 Å². The van der Waals surface area contributed by atoms with E-state index in [-0.39, 0.29) is 12.5 Å². The summed E-state index contributed by atoms with van der Waals surface area (Å²) < 4.78 is 0. The van der Waals surface area contributed by atoms with E-state index in [1.54, 1.807) is 24.3 Å². The van der Waals surface area contributed by atoms with Gasteiger partial charge in [-0.1, -0.05) is 6.92 Å². The van der Waals surface area contributed by atoms with Crippen molar-refractivity contribution >= 4 is 23.0 Å². The molecule has 1 aliphatic heterocycles. The van der Waals surface area contributed by atoms with Crippen molar-refractivity contribution in [3.05, 3.63) is 54.1 Å². The number of nitrogens with one attached hydrogen (secondary N) is 2. The maximum absolute atomic E-state index is 12.0. The van der Waals surface area contributed by atoms with E-state index in [0.717, 1.165) is 24.7 Å². The van der Waals surface area contributed by atoms with Crippen LogP contribution in [-0.4, -0.2) is 25.5 Å². The predicted octanol–water partition coefficient (Wildman–Crippen LogP) is 3.85. The maximum atomic E-state index is 12.0. The summed E-state index contributed by atoms with van der Waals surface area (Å²) in [6.07, 6.45) is 2.49. The number of nitriles is 1. The number of hydrogen-bond donors (Lipinski definition) is 2. The van der Waals surface area contributed by atoms with Crippen molar-refractivity contribution in [1.82, 2.24) is 0 Å². The minimum atomic E-state index is -0.121. The molecule has 1 aliphatic rings. The summed E-state index contributed by atoms with van der Waals surface area (Å²) in [5.74, 6) is 0.700. The molecule has 3 rings (SSSR count). The van der Waals surface area contributed by atoms with Crippen LogP contribution in [0.1, 0.15) is 25.3 Å². The van der Waals surface area contributed by atoms with Gasteiger partial charge in [-0.2, -0.15) is 5.26 Å². The van der Waals surface area contributed by atoms with E-state index < -0.39 is 0 Å². The Hall–Kier alpha value is -3.00. The Morgan fingerprint density at radius 1 is 1.08 bits per heavy atom. The van der Waals surface area contributed by atoms with Crippen LogP contribution in [-0.2, 0) is 4.79 Å². The lowest BCUT2D eigenvalue weighted by molar-refractivity contribution is -0.114. The van der Waals surface area contributed by atoms with Crippen molar-refractivity contribution in [2.45, 2.75) is 19.8 Å². The molecule has 0 unspecified atom stereocenters. The van der Waals surface area contributed by atoms with Crippen LogP contribution in [0.25, 0.3) is 0 Å². The summed E-state index contributed by atoms with van der Waals surface area (Å²) in [5, 5.41) is 14.7. The van der Waals surface area contributed by atoms with Gasteiger partial charge in [0.05, 0.1) is 18.2 Å². The molecule has 26 heavy (non-hydrogen) atoms. The van der Waals surface area contributed by atoms with Crippen LogP contribution >= 0.6 is 0 Å². The number of carbonyl (C=O) groups excluding carboxylic acids is 1. The highest BCUT2D eigenvalue weighted by Gasteiger charge is 2.15. The third kappa shape index (κ3) is 4.76. The van der Waals surface area contributed by atoms with Gasteiger partial charge in [0, 0.05) is 30.2 Å². The molecule has 1 amide bonds. The highest BCUT2D eigenvalue weighted by atomic mass is 16.1. The molecule has 134 valence electrons. The van der Waals surface area contributed by atoms with E-state index in [0.29, 0.717) is 11.3 Å². The number of amides is 1. The molecule has 1 fully saturated rings. The first-order valence-electron chi connectivity index (χ1n) is 9.03. The van der Waals surface area contributed by atoms with Crippen molar-refractivity contribution in [2.24, 2.45) is 5.92 Å². The van der Waals surface area contributed by atoms with Crippen LogP contribution < -0.4 is 15.5 Å². The van der Waals surface area contributed by atoms with E-state index in [1.807, 2.05) is 12.1 Å². The lowest BCUT2D eigenvalue weighted by Gasteiger charge is -2.32. The number of anilines is 3. The summed E-state index contributed by atoms with van der Waals surface area (Å²) in [4.78, 5) is 14.5. The van der Waals surface area contributed by atoms with Crippen molar-refractivity contribution in [3.8, 4) is 6.07 Å². The molecule has 0 atom stereocenters. The maximum Gasteiger partial charge on any atom is 0.243 e. The average molecular weight is 348 g/mol. The zero-order valence-corrected chi connectivity index (χ0v) is 15.0. The molecule has 0 bridgehead atoms. The van der Waals surface area contributed by atoms with Crippen LogP contribution in [0.3, 0.4) is 0 Å². The summed E-state index contributed by atoms with van der Waals surface area (Å²) in [6, 6.07) is 17.1. The molecule has 0 saturated carbocycles. The second kappa shape index (κ2) is 8.39. The number of carbonyl (C=O) groups is 1. The van der Waals surface area contributed by atoms with E-state index in [4.69, 9.17) is 5.26 Å². The average Bonchev–Trinajstić information content (AvgIpc) is 2.68. The summed E-state index contributed by atoms with van der Waals surface area (Å²) >= 11 is 0. The normalized spacial score (nSPS) is 14.5. The molecule has 2 N–H and O–H groups in total. The lowest BCUT2D eigenvalue weighted by atomic mass is 9.99. The van der Waals surface area contributed by atoms with Crippen LogP contribution in [0, 0.1) is 17.2 Å². The van der Waals surface area contributed by atoms with Crippen molar-refractivity contribution < 1.29 is 4.79 Å². The molecule has 2 aromatic rings. The topological polar surface area (TPSA) is 68.2 Å². The number of piperidine rings is 1. The van der Waals surface area contributed by atoms with Crippen molar-refractivity contribution in [1.29, 1.82) is 5.26 Å². The van der Waals surface area contributed by atoms with Gasteiger partial charge >= 0.3 is 0 Å². The second-order valence-electron chi connectivity index (χ2n) is 6.81. The van der Waals surface area contributed by atoms with Gasteiger partial charge in [-0.15, -0.1) is 0 Å². The number of nitrogens with zero attached hydrogens (tertiary/aromatic N) is 2. The molecule has 2 aromatic carbocycles. The van der Waals surface area contributed by atoms with Gasteiger partial charge in [0.15, 0.2) is 0 Å². The molecule has 1 heterocycles. The highest BCUT2D eigenvalue weighted by Crippen LogP contribution is 2.24. The Balaban J connectivity index is 1.48. The minimum Gasteiger partial charge on any atom is -0.376 e. The van der Waals surface area contributed by atoms with Gasteiger partial charge in [-0.05, 0) is 67.3 Å². The Morgan fingerprint density at radius 3 is 2.31 bits per heavy atom. The molecule has 0 radical (unpaired) electrons. The molecule has 0 spiro atoms. The van der Waals surface area contributed by atoms with Gasteiger partial charge in [0.2, 0.25) is 5.91 Å². The van der Waals surface area contributed by atoms with E-state index in [9.17, 15) is 4.79 Å². The molecule has 0 aromatic heterocycles. The minimum absolute atomic E-state index is 0.121. The molecule has 0 aliphatic carbocycles. The van der Waals surface area contributed by atoms with Crippen molar-refractivity contribution in [3.63, 3.8) is 0 Å². The molecule has 5 nitrogen and oxygen atoms in total. The summed E-state index contributed by atoms with van der Waals surface area (Å²) in [6.45, 7) is 4.73. The molecular formula is C21H24N4O. The largest absolute Gasteiger partial charge is 0.376 e. The van der Waals surface area contributed by atoms with Gasteiger partial charge in [0.25, 0.3) is 0 Å². The first-order valence-corrected chi connectivity index (χ1v) is 9.03. The SMILES string of the molecule is CC1CCN(c2ccc(NCC(=O)Nc3ccc(C#N)cc3)cc2)CC1. The number of hydrogen-bond acceptors (Lipinski definition) is 4. The zero-order chi connectivity index (χ0) is 18.4. The van der Waals surface area contributed by atoms with Gasteiger partial charge < -0.3 is 15.5 Å². The van der Waals surface area contributed by atoms with Gasteiger partial charge in [0.1, 0.15) is 0 Å². The lowest BCUT2D eigenvalue weighted by Crippen LogP contribution is -2.32. The fraction of sp³-hybridized carbons (Fsp3) is 0.333. The number of benzene rings is 2. The van der Waals surface area contributed by atoms with E-state index in [1.165, 1.54) is 18.5 Å². The predicted molar refractivity (Wildman–Crippen MR) is 105 cm³/mol. The quantitative estimate of drug-likeness (QED) is 0.861. The summed E-state index contributed by atoms with van der Waals surface area (Å²) in [7, 11) is 0. The molecule has 1 saturated heterocycles. The van der Waals surface area contributed by atoms with Gasteiger partial charge in [-0.25, -0.2) is 0 Å². The Morgan fingerprint density at radius 2 is 1.69 bits per heavy atom. The van der Waals surface area contributed by atoms with Crippen LogP contribution in [0.5, 0.6) is 0 Å². The Labute approximate surface area is 154 Å². The second-order valence-corrected chi connectivity index (χ2v) is 6.81. The third-order valence-corrected chi connectivity index (χ3v) is 4.77. The smallest absolute Gasteiger partial charge is 0.243 e. The molecular weight excluding hydrogens is 324 g/mol.